The van der Waals surface area contributed by atoms with Crippen LogP contribution in [0.4, 0.5) is 5.69 Å². The number of nitrogens with zero attached hydrogens (tertiary/aromatic N) is 2. The number of benzene rings is 4. The van der Waals surface area contributed by atoms with Gasteiger partial charge in [0.1, 0.15) is 12.6 Å². The fourth-order valence-electron chi connectivity index (χ4n) is 5.17. The van der Waals surface area contributed by atoms with Crippen molar-refractivity contribution in [2.24, 2.45) is 0 Å². The number of amides is 2. The highest BCUT2D eigenvalue weighted by molar-refractivity contribution is 7.92. The van der Waals surface area contributed by atoms with Crippen LogP contribution in [0.1, 0.15) is 48.6 Å². The molecule has 0 saturated heterocycles. The summed E-state index contributed by atoms with van der Waals surface area (Å²) < 4.78 is 29.6. The van der Waals surface area contributed by atoms with E-state index in [1.807, 2.05) is 108 Å². The quantitative estimate of drug-likeness (QED) is 0.210. The molecule has 7 nitrogen and oxygen atoms in total. The number of para-hydroxylation sites is 1. The Hall–Kier alpha value is -4.43. The largest absolute Gasteiger partial charge is 0.350 e. The van der Waals surface area contributed by atoms with Crippen molar-refractivity contribution in [3.05, 3.63) is 131 Å². The molecule has 45 heavy (non-hydrogen) atoms. The smallest absolute Gasteiger partial charge is 0.264 e. The van der Waals surface area contributed by atoms with Crippen LogP contribution < -0.4 is 9.62 Å². The van der Waals surface area contributed by atoms with Crippen LogP contribution in [0.3, 0.4) is 0 Å². The first-order chi connectivity index (χ1) is 21.3. The molecule has 1 atom stereocenters. The van der Waals surface area contributed by atoms with Gasteiger partial charge in [0.2, 0.25) is 11.8 Å². The van der Waals surface area contributed by atoms with Gasteiger partial charge in [0, 0.05) is 18.5 Å². The lowest BCUT2D eigenvalue weighted by molar-refractivity contribution is -0.140. The topological polar surface area (TPSA) is 86.8 Å². The summed E-state index contributed by atoms with van der Waals surface area (Å²) in [5.41, 5.74) is 4.21. The van der Waals surface area contributed by atoms with Crippen LogP contribution in [0.25, 0.3) is 0 Å². The number of anilines is 1. The summed E-state index contributed by atoms with van der Waals surface area (Å²) in [6.45, 7) is 11.0. The lowest BCUT2D eigenvalue weighted by atomic mass is 10.00. The van der Waals surface area contributed by atoms with E-state index in [1.54, 1.807) is 36.4 Å². The average molecular weight is 626 g/mol. The lowest BCUT2D eigenvalue weighted by Gasteiger charge is -2.35. The summed E-state index contributed by atoms with van der Waals surface area (Å²) in [7, 11) is -4.15. The summed E-state index contributed by atoms with van der Waals surface area (Å²) in [6.07, 6.45) is 0.259. The molecule has 2 amide bonds. The monoisotopic (exact) mass is 625 g/mol. The van der Waals surface area contributed by atoms with Gasteiger partial charge in [0.05, 0.1) is 10.6 Å². The lowest BCUT2D eigenvalue weighted by Crippen LogP contribution is -2.56. The number of carbonyl (C=O) groups excluding carboxylic acids is 2. The predicted octanol–water partition coefficient (Wildman–Crippen LogP) is 6.36. The number of aryl methyl sites for hydroxylation is 3. The summed E-state index contributed by atoms with van der Waals surface area (Å²) >= 11 is 0. The van der Waals surface area contributed by atoms with E-state index in [-0.39, 0.29) is 23.8 Å². The number of carbonyl (C=O) groups is 2. The van der Waals surface area contributed by atoms with Crippen molar-refractivity contribution in [3.63, 3.8) is 0 Å². The molecule has 1 N–H and O–H groups in total. The average Bonchev–Trinajstić information content (AvgIpc) is 2.98. The molecule has 0 saturated carbocycles. The molecule has 236 valence electrons. The molecule has 4 rings (SSSR count). The summed E-state index contributed by atoms with van der Waals surface area (Å²) in [5.74, 6) is -0.792. The van der Waals surface area contributed by atoms with Crippen molar-refractivity contribution in [3.8, 4) is 0 Å². The number of hydrogen-bond donors (Lipinski definition) is 1. The van der Waals surface area contributed by atoms with E-state index in [0.717, 1.165) is 22.3 Å². The molecule has 4 aromatic carbocycles. The van der Waals surface area contributed by atoms with Gasteiger partial charge in [-0.1, -0.05) is 90.5 Å². The first-order valence-corrected chi connectivity index (χ1v) is 16.6. The van der Waals surface area contributed by atoms with Crippen molar-refractivity contribution in [1.29, 1.82) is 0 Å². The Morgan fingerprint density at radius 1 is 0.756 bits per heavy atom. The molecule has 0 aliphatic heterocycles. The number of nitrogens with one attached hydrogen (secondary N) is 1. The summed E-state index contributed by atoms with van der Waals surface area (Å²) in [5, 5.41) is 3.07. The van der Waals surface area contributed by atoms with E-state index in [9.17, 15) is 18.0 Å². The fourth-order valence-corrected chi connectivity index (χ4v) is 6.65. The highest BCUT2D eigenvalue weighted by Gasteiger charge is 2.36. The molecule has 8 heteroatoms. The van der Waals surface area contributed by atoms with Gasteiger partial charge in [0.15, 0.2) is 0 Å². The molecular weight excluding hydrogens is 582 g/mol. The molecular formula is C37H43N3O4S. The molecule has 0 heterocycles. The van der Waals surface area contributed by atoms with Crippen LogP contribution in [0.2, 0.25) is 0 Å². The van der Waals surface area contributed by atoms with Crippen LogP contribution in [0.5, 0.6) is 0 Å². The zero-order valence-electron chi connectivity index (χ0n) is 26.9. The Labute approximate surface area is 268 Å². The Kier molecular flexibility index (Phi) is 10.5. The second kappa shape index (κ2) is 14.1. The fraction of sp³-hybridized carbons (Fsp3) is 0.297. The maximum Gasteiger partial charge on any atom is 0.264 e. The van der Waals surface area contributed by atoms with E-state index in [4.69, 9.17) is 0 Å². The molecule has 0 bridgehead atoms. The minimum absolute atomic E-state index is 0.0842. The van der Waals surface area contributed by atoms with E-state index < -0.39 is 34.1 Å². The van der Waals surface area contributed by atoms with Crippen LogP contribution in [-0.2, 0) is 32.6 Å². The van der Waals surface area contributed by atoms with Crippen molar-refractivity contribution in [2.45, 2.75) is 71.0 Å². The van der Waals surface area contributed by atoms with Gasteiger partial charge in [-0.15, -0.1) is 0 Å². The van der Waals surface area contributed by atoms with Gasteiger partial charge in [-0.3, -0.25) is 13.9 Å². The third-order valence-corrected chi connectivity index (χ3v) is 9.42. The van der Waals surface area contributed by atoms with Crippen LogP contribution in [0.15, 0.2) is 108 Å². The van der Waals surface area contributed by atoms with Gasteiger partial charge in [-0.25, -0.2) is 8.42 Å². The zero-order chi connectivity index (χ0) is 32.8. The number of sulfonamides is 1. The first-order valence-electron chi connectivity index (χ1n) is 15.1. The highest BCUT2D eigenvalue weighted by Crippen LogP contribution is 2.28. The highest BCUT2D eigenvalue weighted by atomic mass is 32.2. The summed E-state index contributed by atoms with van der Waals surface area (Å²) in [6, 6.07) is 30.0. The third kappa shape index (κ3) is 8.60. The van der Waals surface area contributed by atoms with Crippen molar-refractivity contribution in [2.75, 3.05) is 10.8 Å². The number of rotatable bonds is 11. The molecule has 4 aromatic rings. The van der Waals surface area contributed by atoms with E-state index in [0.29, 0.717) is 11.3 Å². The molecule has 0 aliphatic carbocycles. The van der Waals surface area contributed by atoms with Gasteiger partial charge in [-0.05, 0) is 82.0 Å². The molecule has 0 aliphatic rings. The van der Waals surface area contributed by atoms with E-state index in [1.165, 1.54) is 9.21 Å². The Bertz CT molecular complexity index is 1730. The first kappa shape index (κ1) is 33.5. The minimum atomic E-state index is -4.15. The van der Waals surface area contributed by atoms with Gasteiger partial charge < -0.3 is 10.2 Å². The second-order valence-corrected chi connectivity index (χ2v) is 14.4. The van der Waals surface area contributed by atoms with E-state index >= 15 is 0 Å². The van der Waals surface area contributed by atoms with Crippen LogP contribution in [0, 0.1) is 20.8 Å². The number of hydrogen-bond acceptors (Lipinski definition) is 4. The predicted molar refractivity (Wildman–Crippen MR) is 180 cm³/mol. The van der Waals surface area contributed by atoms with Crippen LogP contribution >= 0.6 is 0 Å². The normalized spacial score (nSPS) is 12.3. The molecule has 0 fully saturated rings. The van der Waals surface area contributed by atoms with Gasteiger partial charge >= 0.3 is 0 Å². The maximum absolute atomic E-state index is 14.6. The molecule has 0 unspecified atom stereocenters. The molecule has 0 spiro atoms. The Balaban J connectivity index is 1.84. The molecule has 0 radical (unpaired) electrons. The van der Waals surface area contributed by atoms with Crippen molar-refractivity contribution < 1.29 is 18.0 Å². The Morgan fingerprint density at radius 3 is 1.93 bits per heavy atom. The third-order valence-electron chi connectivity index (χ3n) is 7.64. The molecule has 0 aromatic heterocycles. The van der Waals surface area contributed by atoms with Gasteiger partial charge in [0.25, 0.3) is 10.0 Å². The second-order valence-electron chi connectivity index (χ2n) is 12.5. The Morgan fingerprint density at radius 2 is 1.33 bits per heavy atom. The SMILES string of the molecule is Cc1ccc(S(=O)(=O)N(CC(=O)N(Cc2ccccc2C)[C@@H](Cc2ccccc2)C(=O)NC(C)(C)C)c2ccccc2C)cc1. The summed E-state index contributed by atoms with van der Waals surface area (Å²) in [4.78, 5) is 30.3. The van der Waals surface area contributed by atoms with Crippen molar-refractivity contribution >= 4 is 27.5 Å². The van der Waals surface area contributed by atoms with E-state index in [2.05, 4.69) is 5.32 Å². The maximum atomic E-state index is 14.6. The van der Waals surface area contributed by atoms with Crippen molar-refractivity contribution in [1.82, 2.24) is 10.2 Å². The standard InChI is InChI=1S/C37H43N3O4S/c1-27-20-22-32(23-21-27)45(43,44)40(33-19-13-11-15-29(33)3)26-35(41)39(25-31-18-12-10-14-28(31)2)34(36(42)38-37(4,5)6)24-30-16-8-7-9-17-30/h7-23,34H,24-26H2,1-6H3,(H,38,42)/t34-/m0/s1. The minimum Gasteiger partial charge on any atom is -0.350 e. The van der Waals surface area contributed by atoms with Crippen LogP contribution in [-0.4, -0.2) is 43.3 Å². The zero-order valence-corrected chi connectivity index (χ0v) is 27.8. The van der Waals surface area contributed by atoms with Gasteiger partial charge in [-0.2, -0.15) is 0 Å².